The van der Waals surface area contributed by atoms with Gasteiger partial charge in [-0.3, -0.25) is 4.90 Å². The molecule has 1 heterocycles. The molecule has 0 aromatic heterocycles. The summed E-state index contributed by atoms with van der Waals surface area (Å²) in [7, 11) is 1.71. The fourth-order valence-electron chi connectivity index (χ4n) is 3.25. The molecule has 1 aliphatic rings. The van der Waals surface area contributed by atoms with Crippen LogP contribution in [-0.2, 0) is 0 Å². The van der Waals surface area contributed by atoms with Crippen molar-refractivity contribution in [2.75, 3.05) is 26.7 Å². The summed E-state index contributed by atoms with van der Waals surface area (Å²) < 4.78 is 5.26. The zero-order valence-electron chi connectivity index (χ0n) is 13.3. The lowest BCUT2D eigenvalue weighted by atomic mass is 9.87. The summed E-state index contributed by atoms with van der Waals surface area (Å²) >= 11 is 0. The minimum atomic E-state index is 0.126. The van der Waals surface area contributed by atoms with Crippen LogP contribution in [0.5, 0.6) is 5.75 Å². The van der Waals surface area contributed by atoms with Crippen molar-refractivity contribution in [1.82, 2.24) is 10.2 Å². The molecule has 1 saturated heterocycles. The van der Waals surface area contributed by atoms with Gasteiger partial charge in [-0.1, -0.05) is 19.1 Å². The Hall–Kier alpha value is -1.06. The van der Waals surface area contributed by atoms with E-state index in [0.717, 1.165) is 12.3 Å². The lowest BCUT2D eigenvalue weighted by Gasteiger charge is -2.43. The van der Waals surface area contributed by atoms with E-state index in [9.17, 15) is 0 Å². The van der Waals surface area contributed by atoms with Crippen LogP contribution in [0.1, 0.15) is 45.2 Å². The lowest BCUT2D eigenvalue weighted by Crippen LogP contribution is -2.51. The second-order valence-electron chi connectivity index (χ2n) is 6.11. The molecular weight excluding hydrogens is 248 g/mol. The van der Waals surface area contributed by atoms with Crippen LogP contribution in [-0.4, -0.2) is 37.2 Å². The SMILES string of the molecule is CCNC(c1ccc(OC)cc1)C(C)(C)N1CCCC1. The number of rotatable bonds is 6. The summed E-state index contributed by atoms with van der Waals surface area (Å²) in [4.78, 5) is 2.62. The third-order valence-electron chi connectivity index (χ3n) is 4.48. The molecule has 0 amide bonds. The summed E-state index contributed by atoms with van der Waals surface area (Å²) in [5, 5.41) is 3.67. The molecule has 0 aliphatic carbocycles. The normalized spacial score (nSPS) is 18.2. The molecule has 1 unspecified atom stereocenters. The number of ether oxygens (including phenoxy) is 1. The Morgan fingerprint density at radius 1 is 1.20 bits per heavy atom. The second kappa shape index (κ2) is 6.59. The van der Waals surface area contributed by atoms with E-state index in [-0.39, 0.29) is 5.54 Å². The van der Waals surface area contributed by atoms with Crippen molar-refractivity contribution in [3.63, 3.8) is 0 Å². The Kier molecular flexibility index (Phi) is 5.06. The van der Waals surface area contributed by atoms with Crippen molar-refractivity contribution in [3.05, 3.63) is 29.8 Å². The van der Waals surface area contributed by atoms with Crippen LogP contribution >= 0.6 is 0 Å². The van der Waals surface area contributed by atoms with Gasteiger partial charge in [0.15, 0.2) is 0 Å². The Balaban J connectivity index is 2.23. The first kappa shape index (κ1) is 15.3. The summed E-state index contributed by atoms with van der Waals surface area (Å²) in [6.07, 6.45) is 2.65. The highest BCUT2D eigenvalue weighted by Gasteiger charge is 2.37. The zero-order chi connectivity index (χ0) is 14.6. The molecule has 0 radical (unpaired) electrons. The smallest absolute Gasteiger partial charge is 0.118 e. The highest BCUT2D eigenvalue weighted by Crippen LogP contribution is 2.34. The Bertz CT molecular complexity index is 408. The van der Waals surface area contributed by atoms with Crippen molar-refractivity contribution in [3.8, 4) is 5.75 Å². The number of benzene rings is 1. The molecule has 3 nitrogen and oxygen atoms in total. The van der Waals surface area contributed by atoms with Crippen LogP contribution in [0, 0.1) is 0 Å². The zero-order valence-corrected chi connectivity index (χ0v) is 13.3. The maximum Gasteiger partial charge on any atom is 0.118 e. The van der Waals surface area contributed by atoms with Crippen LogP contribution in [0.3, 0.4) is 0 Å². The molecule has 2 rings (SSSR count). The largest absolute Gasteiger partial charge is 0.497 e. The predicted molar refractivity (Wildman–Crippen MR) is 84.3 cm³/mol. The summed E-state index contributed by atoms with van der Waals surface area (Å²) in [6, 6.07) is 8.82. The lowest BCUT2D eigenvalue weighted by molar-refractivity contribution is 0.107. The fourth-order valence-corrected chi connectivity index (χ4v) is 3.25. The third-order valence-corrected chi connectivity index (χ3v) is 4.48. The number of hydrogen-bond acceptors (Lipinski definition) is 3. The number of nitrogens with one attached hydrogen (secondary N) is 1. The molecule has 1 N–H and O–H groups in total. The van der Waals surface area contributed by atoms with E-state index >= 15 is 0 Å². The van der Waals surface area contributed by atoms with E-state index in [2.05, 4.69) is 55.3 Å². The fraction of sp³-hybridized carbons (Fsp3) is 0.647. The highest BCUT2D eigenvalue weighted by atomic mass is 16.5. The molecule has 0 bridgehead atoms. The highest BCUT2D eigenvalue weighted by molar-refractivity contribution is 5.31. The van der Waals surface area contributed by atoms with E-state index in [1.54, 1.807) is 7.11 Å². The molecule has 20 heavy (non-hydrogen) atoms. The average molecular weight is 276 g/mol. The summed E-state index contributed by atoms with van der Waals surface area (Å²) in [5.41, 5.74) is 1.46. The molecule has 1 atom stereocenters. The van der Waals surface area contributed by atoms with E-state index < -0.39 is 0 Å². The molecule has 1 aromatic carbocycles. The van der Waals surface area contributed by atoms with Crippen LogP contribution in [0.25, 0.3) is 0 Å². The van der Waals surface area contributed by atoms with Crippen molar-refractivity contribution in [2.24, 2.45) is 0 Å². The van der Waals surface area contributed by atoms with Crippen LogP contribution in [0.2, 0.25) is 0 Å². The van der Waals surface area contributed by atoms with Gasteiger partial charge >= 0.3 is 0 Å². The standard InChI is InChI=1S/C17H28N2O/c1-5-18-16(14-8-10-15(20-4)11-9-14)17(2,3)19-12-6-7-13-19/h8-11,16,18H,5-7,12-13H2,1-4H3. The minimum absolute atomic E-state index is 0.126. The van der Waals surface area contributed by atoms with E-state index in [4.69, 9.17) is 4.74 Å². The van der Waals surface area contributed by atoms with Gasteiger partial charge in [-0.25, -0.2) is 0 Å². The third kappa shape index (κ3) is 3.15. The van der Waals surface area contributed by atoms with E-state index in [1.807, 2.05) is 0 Å². The van der Waals surface area contributed by atoms with Crippen molar-refractivity contribution < 1.29 is 4.74 Å². The Morgan fingerprint density at radius 2 is 1.80 bits per heavy atom. The van der Waals surface area contributed by atoms with Crippen molar-refractivity contribution in [1.29, 1.82) is 0 Å². The maximum absolute atomic E-state index is 5.26. The number of methoxy groups -OCH3 is 1. The molecule has 0 spiro atoms. The van der Waals surface area contributed by atoms with Crippen LogP contribution < -0.4 is 10.1 Å². The number of hydrogen-bond donors (Lipinski definition) is 1. The second-order valence-corrected chi connectivity index (χ2v) is 6.11. The van der Waals surface area contributed by atoms with E-state index in [1.165, 1.54) is 31.5 Å². The monoisotopic (exact) mass is 276 g/mol. The molecular formula is C17H28N2O. The predicted octanol–water partition coefficient (Wildman–Crippen LogP) is 3.22. The van der Waals surface area contributed by atoms with Crippen LogP contribution in [0.15, 0.2) is 24.3 Å². The summed E-state index contributed by atoms with van der Waals surface area (Å²) in [5.74, 6) is 0.919. The van der Waals surface area contributed by atoms with Gasteiger partial charge in [-0.15, -0.1) is 0 Å². The average Bonchev–Trinajstić information content (AvgIpc) is 3.00. The minimum Gasteiger partial charge on any atom is -0.497 e. The van der Waals surface area contributed by atoms with Gasteiger partial charge in [0.05, 0.1) is 13.2 Å². The maximum atomic E-state index is 5.26. The molecule has 1 fully saturated rings. The Morgan fingerprint density at radius 3 is 2.30 bits per heavy atom. The molecule has 0 saturated carbocycles. The Labute approximate surface area is 123 Å². The molecule has 112 valence electrons. The topological polar surface area (TPSA) is 24.5 Å². The van der Waals surface area contributed by atoms with Gasteiger partial charge in [0.2, 0.25) is 0 Å². The first-order chi connectivity index (χ1) is 9.59. The van der Waals surface area contributed by atoms with Gasteiger partial charge in [-0.05, 0) is 64.0 Å². The first-order valence-corrected chi connectivity index (χ1v) is 7.72. The van der Waals surface area contributed by atoms with Gasteiger partial charge in [0.25, 0.3) is 0 Å². The van der Waals surface area contributed by atoms with Crippen molar-refractivity contribution in [2.45, 2.75) is 45.2 Å². The van der Waals surface area contributed by atoms with Crippen LogP contribution in [0.4, 0.5) is 0 Å². The number of nitrogens with zero attached hydrogens (tertiary/aromatic N) is 1. The first-order valence-electron chi connectivity index (χ1n) is 7.72. The van der Waals surface area contributed by atoms with Crippen molar-refractivity contribution >= 4 is 0 Å². The van der Waals surface area contributed by atoms with Gasteiger partial charge in [0.1, 0.15) is 5.75 Å². The molecule has 1 aromatic rings. The summed E-state index contributed by atoms with van der Waals surface area (Å²) in [6.45, 7) is 10.3. The van der Waals surface area contributed by atoms with Gasteiger partial charge < -0.3 is 10.1 Å². The molecule has 3 heteroatoms. The number of likely N-dealkylation sites (tertiary alicyclic amines) is 1. The van der Waals surface area contributed by atoms with E-state index in [0.29, 0.717) is 6.04 Å². The quantitative estimate of drug-likeness (QED) is 0.863. The van der Waals surface area contributed by atoms with Gasteiger partial charge in [-0.2, -0.15) is 0 Å². The number of likely N-dealkylation sites (N-methyl/N-ethyl adjacent to an activating group) is 1. The molecule has 1 aliphatic heterocycles. The van der Waals surface area contributed by atoms with Gasteiger partial charge in [0, 0.05) is 5.54 Å².